The van der Waals surface area contributed by atoms with Crippen molar-refractivity contribution in [3.63, 3.8) is 0 Å². The highest BCUT2D eigenvalue weighted by Crippen LogP contribution is 2.25. The number of nitrogens with zero attached hydrogens (tertiary/aromatic N) is 3. The molecule has 0 aliphatic heterocycles. The van der Waals surface area contributed by atoms with E-state index >= 15 is 0 Å². The Morgan fingerprint density at radius 1 is 1.44 bits per heavy atom. The van der Waals surface area contributed by atoms with Gasteiger partial charge < -0.3 is 0 Å². The number of aryl methyl sites for hydroxylation is 1. The molecule has 0 atom stereocenters. The minimum atomic E-state index is -0.474. The van der Waals surface area contributed by atoms with Crippen molar-refractivity contribution in [1.29, 1.82) is 0 Å². The molecule has 0 radical (unpaired) electrons. The van der Waals surface area contributed by atoms with E-state index in [0.717, 1.165) is 5.69 Å². The number of nitro benzene ring substituents is 1. The lowest BCUT2D eigenvalue weighted by atomic mass is 10.3. The first-order valence-corrected chi connectivity index (χ1v) is 4.92. The fourth-order valence-electron chi connectivity index (χ4n) is 1.39. The van der Waals surface area contributed by atoms with Crippen LogP contribution in [0.15, 0.2) is 30.5 Å². The van der Waals surface area contributed by atoms with Crippen LogP contribution in [0, 0.1) is 17.0 Å². The summed E-state index contributed by atoms with van der Waals surface area (Å²) in [7, 11) is 0. The van der Waals surface area contributed by atoms with Crippen molar-refractivity contribution in [3.05, 3.63) is 51.3 Å². The van der Waals surface area contributed by atoms with Gasteiger partial charge in [-0.1, -0.05) is 11.6 Å². The molecule has 1 aromatic carbocycles. The average Bonchev–Trinajstić information content (AvgIpc) is 2.64. The summed E-state index contributed by atoms with van der Waals surface area (Å²) in [5.74, 6) is 0. The van der Waals surface area contributed by atoms with Crippen LogP contribution in [-0.4, -0.2) is 14.7 Å². The highest BCUT2D eigenvalue weighted by atomic mass is 35.5. The summed E-state index contributed by atoms with van der Waals surface area (Å²) in [6, 6.07) is 6.26. The van der Waals surface area contributed by atoms with Crippen LogP contribution in [0.1, 0.15) is 5.69 Å². The molecule has 0 aliphatic carbocycles. The van der Waals surface area contributed by atoms with E-state index in [9.17, 15) is 10.1 Å². The predicted molar refractivity (Wildman–Crippen MR) is 60.0 cm³/mol. The monoisotopic (exact) mass is 237 g/mol. The first-order valence-electron chi connectivity index (χ1n) is 4.54. The van der Waals surface area contributed by atoms with E-state index in [2.05, 4.69) is 5.10 Å². The van der Waals surface area contributed by atoms with Crippen LogP contribution in [0.2, 0.25) is 5.02 Å². The molecule has 2 rings (SSSR count). The van der Waals surface area contributed by atoms with Crippen molar-refractivity contribution in [2.24, 2.45) is 0 Å². The summed E-state index contributed by atoms with van der Waals surface area (Å²) >= 11 is 5.72. The molecule has 0 aliphatic rings. The molecule has 0 N–H and O–H groups in total. The minimum absolute atomic E-state index is 0.0596. The number of aromatic nitrogens is 2. The highest BCUT2D eigenvalue weighted by Gasteiger charge is 2.16. The van der Waals surface area contributed by atoms with Gasteiger partial charge in [0.25, 0.3) is 5.69 Å². The van der Waals surface area contributed by atoms with Crippen molar-refractivity contribution in [2.45, 2.75) is 6.92 Å². The normalized spacial score (nSPS) is 10.4. The SMILES string of the molecule is Cc1ccn(-c2ccc(Cl)cc2[N+](=O)[O-])n1. The molecule has 6 heteroatoms. The van der Waals surface area contributed by atoms with Crippen LogP contribution in [0.4, 0.5) is 5.69 Å². The zero-order chi connectivity index (χ0) is 11.7. The van der Waals surface area contributed by atoms with Crippen LogP contribution in [0.5, 0.6) is 0 Å². The van der Waals surface area contributed by atoms with E-state index in [1.54, 1.807) is 24.4 Å². The third-order valence-electron chi connectivity index (χ3n) is 2.10. The molecule has 82 valence electrons. The maximum absolute atomic E-state index is 10.9. The second kappa shape index (κ2) is 3.94. The molecule has 0 saturated carbocycles. The summed E-state index contributed by atoms with van der Waals surface area (Å²) < 4.78 is 1.46. The number of rotatable bonds is 2. The Labute approximate surface area is 96.4 Å². The van der Waals surface area contributed by atoms with Gasteiger partial charge in [0.2, 0.25) is 0 Å². The zero-order valence-electron chi connectivity index (χ0n) is 8.42. The van der Waals surface area contributed by atoms with Gasteiger partial charge in [-0.2, -0.15) is 5.10 Å². The van der Waals surface area contributed by atoms with Crippen molar-refractivity contribution in [2.75, 3.05) is 0 Å². The van der Waals surface area contributed by atoms with Gasteiger partial charge in [-0.15, -0.1) is 0 Å². The lowest BCUT2D eigenvalue weighted by Crippen LogP contribution is -2.00. The predicted octanol–water partition coefficient (Wildman–Crippen LogP) is 2.74. The Bertz CT molecular complexity index is 551. The Kier molecular flexibility index (Phi) is 2.62. The standard InChI is InChI=1S/C10H8ClN3O2/c1-7-4-5-13(12-7)9-3-2-8(11)6-10(9)14(15)16/h2-6H,1H3. The summed E-state index contributed by atoms with van der Waals surface area (Å²) in [6.07, 6.45) is 1.67. The lowest BCUT2D eigenvalue weighted by molar-refractivity contribution is -0.384. The largest absolute Gasteiger partial charge is 0.296 e. The molecule has 0 amide bonds. The lowest BCUT2D eigenvalue weighted by Gasteiger charge is -2.02. The van der Waals surface area contributed by atoms with Crippen molar-refractivity contribution in [3.8, 4) is 5.69 Å². The van der Waals surface area contributed by atoms with Crippen molar-refractivity contribution < 1.29 is 4.92 Å². The van der Waals surface area contributed by atoms with E-state index in [0.29, 0.717) is 10.7 Å². The van der Waals surface area contributed by atoms with Crippen molar-refractivity contribution >= 4 is 17.3 Å². The average molecular weight is 238 g/mol. The van der Waals surface area contributed by atoms with E-state index in [4.69, 9.17) is 11.6 Å². The molecule has 16 heavy (non-hydrogen) atoms. The van der Waals surface area contributed by atoms with Gasteiger partial charge >= 0.3 is 0 Å². The molecule has 1 heterocycles. The number of halogens is 1. The maximum atomic E-state index is 10.9. The van der Waals surface area contributed by atoms with Gasteiger partial charge in [-0.3, -0.25) is 10.1 Å². The summed E-state index contributed by atoms with van der Waals surface area (Å²) in [6.45, 7) is 1.82. The van der Waals surface area contributed by atoms with E-state index in [1.165, 1.54) is 10.7 Å². The maximum Gasteiger partial charge on any atom is 0.296 e. The fraction of sp³-hybridized carbons (Fsp3) is 0.100. The summed E-state index contributed by atoms with van der Waals surface area (Å²) in [5, 5.41) is 15.3. The van der Waals surface area contributed by atoms with Crippen molar-refractivity contribution in [1.82, 2.24) is 9.78 Å². The molecule has 0 fully saturated rings. The molecule has 0 unspecified atom stereocenters. The van der Waals surface area contributed by atoms with Crippen LogP contribution >= 0.6 is 11.6 Å². The number of hydrogen-bond donors (Lipinski definition) is 0. The Morgan fingerprint density at radius 2 is 2.19 bits per heavy atom. The molecule has 2 aromatic rings. The van der Waals surface area contributed by atoms with E-state index in [1.807, 2.05) is 6.92 Å². The number of hydrogen-bond acceptors (Lipinski definition) is 3. The summed E-state index contributed by atoms with van der Waals surface area (Å²) in [4.78, 5) is 10.4. The molecule has 0 spiro atoms. The third-order valence-corrected chi connectivity index (χ3v) is 2.34. The zero-order valence-corrected chi connectivity index (χ0v) is 9.18. The van der Waals surface area contributed by atoms with Gasteiger partial charge in [-0.25, -0.2) is 4.68 Å². The van der Waals surface area contributed by atoms with E-state index < -0.39 is 4.92 Å². The number of nitro groups is 1. The molecule has 0 saturated heterocycles. The minimum Gasteiger partial charge on any atom is -0.258 e. The third kappa shape index (κ3) is 1.90. The highest BCUT2D eigenvalue weighted by molar-refractivity contribution is 6.30. The van der Waals surface area contributed by atoms with Gasteiger partial charge in [0.05, 0.1) is 10.6 Å². The van der Waals surface area contributed by atoms with Crippen LogP contribution in [0.25, 0.3) is 5.69 Å². The Hall–Kier alpha value is -1.88. The van der Waals surface area contributed by atoms with Crippen LogP contribution in [-0.2, 0) is 0 Å². The quantitative estimate of drug-likeness (QED) is 0.596. The van der Waals surface area contributed by atoms with E-state index in [-0.39, 0.29) is 5.69 Å². The summed E-state index contributed by atoms with van der Waals surface area (Å²) in [5.41, 5.74) is 1.14. The number of benzene rings is 1. The molecule has 1 aromatic heterocycles. The van der Waals surface area contributed by atoms with Crippen LogP contribution in [0.3, 0.4) is 0 Å². The van der Waals surface area contributed by atoms with Gasteiger partial charge in [0, 0.05) is 17.3 Å². The topological polar surface area (TPSA) is 61.0 Å². The molecule has 0 bridgehead atoms. The second-order valence-corrected chi connectivity index (χ2v) is 3.73. The second-order valence-electron chi connectivity index (χ2n) is 3.29. The smallest absolute Gasteiger partial charge is 0.258 e. The molecular weight excluding hydrogens is 230 g/mol. The van der Waals surface area contributed by atoms with Gasteiger partial charge in [-0.05, 0) is 25.1 Å². The first kappa shape index (κ1) is 10.6. The first-order chi connectivity index (χ1) is 7.58. The fourth-order valence-corrected chi connectivity index (χ4v) is 1.55. The van der Waals surface area contributed by atoms with Gasteiger partial charge in [0.15, 0.2) is 0 Å². The molecular formula is C10H8ClN3O2. The Balaban J connectivity index is 2.60. The Morgan fingerprint density at radius 3 is 2.75 bits per heavy atom. The molecule has 5 nitrogen and oxygen atoms in total. The van der Waals surface area contributed by atoms with Crippen LogP contribution < -0.4 is 0 Å². The van der Waals surface area contributed by atoms with Gasteiger partial charge in [0.1, 0.15) is 5.69 Å².